The molecule has 0 N–H and O–H groups in total. The molecule has 1 aromatic heterocycles. The van der Waals surface area contributed by atoms with Crippen molar-refractivity contribution in [1.82, 2.24) is 9.78 Å². The maximum absolute atomic E-state index is 12.7. The van der Waals surface area contributed by atoms with Crippen molar-refractivity contribution in [2.75, 3.05) is 18.1 Å². The number of anilines is 1. The van der Waals surface area contributed by atoms with Crippen LogP contribution in [-0.2, 0) is 9.53 Å². The topological polar surface area (TPSA) is 64.4 Å². The quantitative estimate of drug-likeness (QED) is 0.455. The van der Waals surface area contributed by atoms with E-state index in [0.717, 1.165) is 11.4 Å². The molecule has 29 heavy (non-hydrogen) atoms. The molecule has 2 aromatic carbocycles. The molecule has 0 unspecified atom stereocenters. The molecule has 1 amide bonds. The van der Waals surface area contributed by atoms with E-state index in [1.807, 2.05) is 60.7 Å². The minimum atomic E-state index is -0.567. The zero-order chi connectivity index (χ0) is 20.8. The van der Waals surface area contributed by atoms with Crippen molar-refractivity contribution in [3.63, 3.8) is 0 Å². The summed E-state index contributed by atoms with van der Waals surface area (Å²) in [4.78, 5) is 26.9. The van der Waals surface area contributed by atoms with Crippen LogP contribution in [0.2, 0.25) is 0 Å². The normalized spacial score (nSPS) is 10.4. The number of carbonyl (C=O) groups is 2. The Bertz CT molecular complexity index is 1010. The van der Waals surface area contributed by atoms with E-state index in [-0.39, 0.29) is 12.5 Å². The minimum Gasteiger partial charge on any atom is -0.452 e. The second-order valence-electron chi connectivity index (χ2n) is 6.50. The number of esters is 1. The number of carbonyl (C=O) groups excluding carboxylic acids is 2. The first kappa shape index (κ1) is 20.1. The van der Waals surface area contributed by atoms with Crippen LogP contribution in [0.15, 0.2) is 73.3 Å². The van der Waals surface area contributed by atoms with Gasteiger partial charge in [0.2, 0.25) is 0 Å². The fourth-order valence-electron chi connectivity index (χ4n) is 3.12. The van der Waals surface area contributed by atoms with E-state index < -0.39 is 5.97 Å². The Morgan fingerprint density at radius 1 is 1.07 bits per heavy atom. The average Bonchev–Trinajstić information content (AvgIpc) is 3.05. The molecule has 148 valence electrons. The number of nitrogens with zero attached hydrogens (tertiary/aromatic N) is 3. The summed E-state index contributed by atoms with van der Waals surface area (Å²) < 4.78 is 7.03. The van der Waals surface area contributed by atoms with Gasteiger partial charge in [0, 0.05) is 12.2 Å². The van der Waals surface area contributed by atoms with Crippen LogP contribution in [0.1, 0.15) is 21.7 Å². The fourth-order valence-corrected chi connectivity index (χ4v) is 3.12. The Kier molecular flexibility index (Phi) is 6.24. The highest BCUT2D eigenvalue weighted by molar-refractivity contribution is 5.98. The molecule has 0 aliphatic rings. The maximum Gasteiger partial charge on any atom is 0.342 e. The molecule has 6 heteroatoms. The number of hydrogen-bond acceptors (Lipinski definition) is 4. The Hall–Kier alpha value is -3.67. The summed E-state index contributed by atoms with van der Waals surface area (Å²) in [7, 11) is 0. The molecule has 6 nitrogen and oxygen atoms in total. The largest absolute Gasteiger partial charge is 0.452 e. The summed E-state index contributed by atoms with van der Waals surface area (Å²) in [5.74, 6) is -0.891. The summed E-state index contributed by atoms with van der Waals surface area (Å²) in [6, 6.07) is 18.7. The predicted octanol–water partition coefficient (Wildman–Crippen LogP) is 3.87. The van der Waals surface area contributed by atoms with Crippen molar-refractivity contribution in [2.45, 2.75) is 13.8 Å². The number of hydrogen-bond donors (Lipinski definition) is 0. The van der Waals surface area contributed by atoms with Gasteiger partial charge in [-0.25, -0.2) is 9.48 Å². The first-order valence-electron chi connectivity index (χ1n) is 9.28. The van der Waals surface area contributed by atoms with Crippen LogP contribution in [0.4, 0.5) is 5.69 Å². The zero-order valence-electron chi connectivity index (χ0n) is 16.5. The number of benzene rings is 2. The van der Waals surface area contributed by atoms with Crippen LogP contribution in [0.25, 0.3) is 5.69 Å². The third kappa shape index (κ3) is 4.43. The summed E-state index contributed by atoms with van der Waals surface area (Å²) in [6.07, 6.45) is 1.63. The summed E-state index contributed by atoms with van der Waals surface area (Å²) in [6.45, 7) is 7.21. The van der Waals surface area contributed by atoms with E-state index in [1.54, 1.807) is 24.6 Å². The SMILES string of the molecule is C=CCN(C(=O)COC(=O)c1c(C)nn(-c2ccccc2)c1C)c1ccccc1. The van der Waals surface area contributed by atoms with Gasteiger partial charge in [-0.3, -0.25) is 4.79 Å². The summed E-state index contributed by atoms with van der Waals surface area (Å²) >= 11 is 0. The van der Waals surface area contributed by atoms with Gasteiger partial charge >= 0.3 is 5.97 Å². The molecule has 0 spiro atoms. The summed E-state index contributed by atoms with van der Waals surface area (Å²) in [5.41, 5.74) is 3.16. The number of aromatic nitrogens is 2. The van der Waals surface area contributed by atoms with Crippen LogP contribution in [0, 0.1) is 13.8 Å². The Balaban J connectivity index is 1.74. The first-order valence-corrected chi connectivity index (χ1v) is 9.28. The molecule has 0 saturated heterocycles. The van der Waals surface area contributed by atoms with Gasteiger partial charge in [-0.2, -0.15) is 5.10 Å². The standard InChI is InChI=1S/C23H23N3O3/c1-4-15-25(19-11-7-5-8-12-19)21(27)16-29-23(28)22-17(2)24-26(18(22)3)20-13-9-6-10-14-20/h4-14H,1,15-16H2,2-3H3. The van der Waals surface area contributed by atoms with Crippen molar-refractivity contribution in [3.8, 4) is 5.69 Å². The third-order valence-electron chi connectivity index (χ3n) is 4.50. The molecule has 0 atom stereocenters. The lowest BCUT2D eigenvalue weighted by Crippen LogP contribution is -2.35. The summed E-state index contributed by atoms with van der Waals surface area (Å²) in [5, 5.41) is 4.45. The van der Waals surface area contributed by atoms with Gasteiger partial charge in [0.05, 0.1) is 17.1 Å². The number of ether oxygens (including phenoxy) is 1. The first-order chi connectivity index (χ1) is 14.0. The van der Waals surface area contributed by atoms with Gasteiger partial charge in [-0.15, -0.1) is 6.58 Å². The van der Waals surface area contributed by atoms with Crippen molar-refractivity contribution in [1.29, 1.82) is 0 Å². The third-order valence-corrected chi connectivity index (χ3v) is 4.50. The molecule has 0 bridgehead atoms. The molecule has 0 radical (unpaired) electrons. The van der Waals surface area contributed by atoms with Crippen molar-refractivity contribution in [3.05, 3.63) is 90.3 Å². The van der Waals surface area contributed by atoms with Gasteiger partial charge in [-0.1, -0.05) is 42.5 Å². The highest BCUT2D eigenvalue weighted by atomic mass is 16.5. The number of rotatable bonds is 7. The molecule has 3 rings (SSSR count). The van der Waals surface area contributed by atoms with E-state index in [9.17, 15) is 9.59 Å². The van der Waals surface area contributed by atoms with Crippen molar-refractivity contribution in [2.24, 2.45) is 0 Å². The lowest BCUT2D eigenvalue weighted by atomic mass is 10.2. The molecular formula is C23H23N3O3. The van der Waals surface area contributed by atoms with Gasteiger partial charge in [0.15, 0.2) is 6.61 Å². The molecule has 0 fully saturated rings. The molecular weight excluding hydrogens is 366 g/mol. The maximum atomic E-state index is 12.7. The number of amides is 1. The molecule has 3 aromatic rings. The van der Waals surface area contributed by atoms with E-state index >= 15 is 0 Å². The zero-order valence-corrected chi connectivity index (χ0v) is 16.5. The van der Waals surface area contributed by atoms with Crippen molar-refractivity contribution >= 4 is 17.6 Å². The lowest BCUT2D eigenvalue weighted by Gasteiger charge is -2.21. The van der Waals surface area contributed by atoms with E-state index in [2.05, 4.69) is 11.7 Å². The van der Waals surface area contributed by atoms with Crippen LogP contribution < -0.4 is 4.90 Å². The predicted molar refractivity (Wildman–Crippen MR) is 112 cm³/mol. The van der Waals surface area contributed by atoms with E-state index in [1.165, 1.54) is 4.90 Å². The van der Waals surface area contributed by atoms with Gasteiger partial charge in [0.25, 0.3) is 5.91 Å². The van der Waals surface area contributed by atoms with Crippen LogP contribution in [0.5, 0.6) is 0 Å². The second kappa shape index (κ2) is 9.01. The van der Waals surface area contributed by atoms with Crippen LogP contribution >= 0.6 is 0 Å². The Morgan fingerprint density at radius 2 is 1.69 bits per heavy atom. The highest BCUT2D eigenvalue weighted by Crippen LogP contribution is 2.19. The Labute approximate surface area is 170 Å². The molecule has 0 aliphatic carbocycles. The van der Waals surface area contributed by atoms with E-state index in [4.69, 9.17) is 4.74 Å². The molecule has 0 saturated carbocycles. The molecule has 0 aliphatic heterocycles. The van der Waals surface area contributed by atoms with Crippen molar-refractivity contribution < 1.29 is 14.3 Å². The highest BCUT2D eigenvalue weighted by Gasteiger charge is 2.23. The van der Waals surface area contributed by atoms with Gasteiger partial charge in [0.1, 0.15) is 5.56 Å². The van der Waals surface area contributed by atoms with Crippen LogP contribution in [-0.4, -0.2) is 34.8 Å². The monoisotopic (exact) mass is 389 g/mol. The second-order valence-corrected chi connectivity index (χ2v) is 6.50. The van der Waals surface area contributed by atoms with Gasteiger partial charge < -0.3 is 9.64 Å². The number of aryl methyl sites for hydroxylation is 1. The van der Waals surface area contributed by atoms with Gasteiger partial charge in [-0.05, 0) is 38.1 Å². The average molecular weight is 389 g/mol. The van der Waals surface area contributed by atoms with Crippen LogP contribution in [0.3, 0.4) is 0 Å². The lowest BCUT2D eigenvalue weighted by molar-refractivity contribution is -0.121. The molecule has 1 heterocycles. The van der Waals surface area contributed by atoms with E-state index in [0.29, 0.717) is 23.5 Å². The smallest absolute Gasteiger partial charge is 0.342 e. The minimum absolute atomic E-state index is 0.324. The fraction of sp³-hybridized carbons (Fsp3) is 0.174. The Morgan fingerprint density at radius 3 is 2.31 bits per heavy atom. The number of para-hydroxylation sites is 2.